The normalized spacial score (nSPS) is 31.7. The van der Waals surface area contributed by atoms with Crippen molar-refractivity contribution in [1.29, 1.82) is 0 Å². The van der Waals surface area contributed by atoms with Gasteiger partial charge >= 0.3 is 5.69 Å². The lowest BCUT2D eigenvalue weighted by molar-refractivity contribution is 0.00508. The standard InChI is InChI=1S/C11H15FN3O3/c1-2-3-6-8(16)7(12)9(18-6)5-4-14-11(17)15-10(5)13/h4,6-9,16H,1-3H2,(H3,13,14,15,17)/t6-,7+,8+,9+/m0/s1. The molecule has 0 saturated carbocycles. The monoisotopic (exact) mass is 256 g/mol. The Labute approximate surface area is 103 Å². The van der Waals surface area contributed by atoms with Crippen LogP contribution < -0.4 is 11.4 Å². The van der Waals surface area contributed by atoms with E-state index in [1.807, 2.05) is 0 Å². The van der Waals surface area contributed by atoms with E-state index >= 15 is 0 Å². The number of ether oxygens (including phenoxy) is 1. The molecule has 4 atom stereocenters. The van der Waals surface area contributed by atoms with Crippen LogP contribution in [0.4, 0.5) is 10.2 Å². The fraction of sp³-hybridized carbons (Fsp3) is 0.545. The number of nitrogens with zero attached hydrogens (tertiary/aromatic N) is 1. The first-order chi connectivity index (χ1) is 8.54. The maximum absolute atomic E-state index is 14.0. The topological polar surface area (TPSA) is 101 Å². The number of halogens is 1. The van der Waals surface area contributed by atoms with Gasteiger partial charge in [-0.25, -0.2) is 9.18 Å². The molecule has 1 aliphatic rings. The molecule has 99 valence electrons. The Morgan fingerprint density at radius 3 is 3.00 bits per heavy atom. The Hall–Kier alpha value is -1.47. The van der Waals surface area contributed by atoms with Crippen LogP contribution in [0.25, 0.3) is 0 Å². The van der Waals surface area contributed by atoms with Crippen LogP contribution in [0, 0.1) is 6.92 Å². The average molecular weight is 256 g/mol. The summed E-state index contributed by atoms with van der Waals surface area (Å²) >= 11 is 0. The highest BCUT2D eigenvalue weighted by Crippen LogP contribution is 2.38. The van der Waals surface area contributed by atoms with Gasteiger partial charge in [-0.05, 0) is 6.42 Å². The lowest BCUT2D eigenvalue weighted by atomic mass is 10.0. The van der Waals surface area contributed by atoms with Crippen LogP contribution in [-0.4, -0.2) is 33.5 Å². The van der Waals surface area contributed by atoms with Gasteiger partial charge in [-0.15, -0.1) is 0 Å². The van der Waals surface area contributed by atoms with Crippen molar-refractivity contribution in [2.24, 2.45) is 0 Å². The second-order valence-electron chi connectivity index (χ2n) is 4.22. The number of nitrogen functional groups attached to an aromatic ring is 1. The van der Waals surface area contributed by atoms with Gasteiger partial charge in [0.25, 0.3) is 0 Å². The van der Waals surface area contributed by atoms with Gasteiger partial charge in [-0.3, -0.25) is 0 Å². The predicted octanol–water partition coefficient (Wildman–Crippen LogP) is 0.105. The number of hydrogen-bond donors (Lipinski definition) is 3. The average Bonchev–Trinajstić information content (AvgIpc) is 2.58. The van der Waals surface area contributed by atoms with Crippen molar-refractivity contribution in [2.45, 2.75) is 37.3 Å². The van der Waals surface area contributed by atoms with Gasteiger partial charge in [-0.2, -0.15) is 4.98 Å². The van der Waals surface area contributed by atoms with Crippen molar-refractivity contribution >= 4 is 5.82 Å². The third kappa shape index (κ3) is 2.23. The number of anilines is 1. The quantitative estimate of drug-likeness (QED) is 0.712. The van der Waals surface area contributed by atoms with E-state index in [1.54, 1.807) is 0 Å². The number of aromatic amines is 1. The van der Waals surface area contributed by atoms with Crippen LogP contribution in [0.3, 0.4) is 0 Å². The number of nitrogens with two attached hydrogens (primary N) is 1. The third-order valence-electron chi connectivity index (χ3n) is 2.98. The number of nitrogens with one attached hydrogen (secondary N) is 1. The van der Waals surface area contributed by atoms with E-state index in [4.69, 9.17) is 10.5 Å². The van der Waals surface area contributed by atoms with Crippen LogP contribution in [0.1, 0.15) is 24.5 Å². The first-order valence-corrected chi connectivity index (χ1v) is 5.66. The minimum Gasteiger partial charge on any atom is -0.387 e. The lowest BCUT2D eigenvalue weighted by Crippen LogP contribution is -2.27. The van der Waals surface area contributed by atoms with Gasteiger partial charge in [0.2, 0.25) is 0 Å². The maximum Gasteiger partial charge on any atom is 0.346 e. The molecule has 0 aliphatic carbocycles. The number of aliphatic hydroxyl groups is 1. The highest BCUT2D eigenvalue weighted by atomic mass is 19.1. The van der Waals surface area contributed by atoms with Crippen molar-refractivity contribution in [2.75, 3.05) is 5.73 Å². The molecule has 2 heterocycles. The minimum absolute atomic E-state index is 0.0890. The van der Waals surface area contributed by atoms with Crippen LogP contribution >= 0.6 is 0 Å². The van der Waals surface area contributed by atoms with Gasteiger partial charge in [0.15, 0.2) is 6.17 Å². The van der Waals surface area contributed by atoms with Crippen molar-refractivity contribution < 1.29 is 14.2 Å². The first-order valence-electron chi connectivity index (χ1n) is 5.66. The molecule has 0 bridgehead atoms. The molecule has 1 aliphatic heterocycles. The van der Waals surface area contributed by atoms with E-state index in [0.29, 0.717) is 12.8 Å². The minimum atomic E-state index is -1.60. The zero-order valence-corrected chi connectivity index (χ0v) is 9.67. The summed E-state index contributed by atoms with van der Waals surface area (Å²) in [4.78, 5) is 16.7. The summed E-state index contributed by atoms with van der Waals surface area (Å²) in [5.41, 5.74) is 5.19. The van der Waals surface area contributed by atoms with Crippen molar-refractivity contribution in [3.8, 4) is 0 Å². The third-order valence-corrected chi connectivity index (χ3v) is 2.98. The van der Waals surface area contributed by atoms with Gasteiger partial charge in [0.1, 0.15) is 18.0 Å². The largest absolute Gasteiger partial charge is 0.387 e. The Morgan fingerprint density at radius 2 is 2.39 bits per heavy atom. The number of aliphatic hydroxyl groups excluding tert-OH is 1. The highest BCUT2D eigenvalue weighted by molar-refractivity contribution is 5.39. The molecule has 6 nitrogen and oxygen atoms in total. The van der Waals surface area contributed by atoms with E-state index in [1.165, 1.54) is 6.20 Å². The van der Waals surface area contributed by atoms with Crippen LogP contribution in [0.15, 0.2) is 11.0 Å². The van der Waals surface area contributed by atoms with Crippen LogP contribution in [0.2, 0.25) is 0 Å². The number of aromatic nitrogens is 2. The molecule has 0 spiro atoms. The summed E-state index contributed by atoms with van der Waals surface area (Å²) in [6.45, 7) is 3.64. The summed E-state index contributed by atoms with van der Waals surface area (Å²) < 4.78 is 19.4. The summed E-state index contributed by atoms with van der Waals surface area (Å²) in [7, 11) is 0. The SMILES string of the molecule is [CH2]CC[C@@H]1O[C@H](c2c[nH]c(=O)nc2N)[C@H](F)[C@@H]1O. The van der Waals surface area contributed by atoms with Crippen molar-refractivity contribution in [3.63, 3.8) is 0 Å². The van der Waals surface area contributed by atoms with Crippen LogP contribution in [0.5, 0.6) is 0 Å². The first kappa shape index (κ1) is 13.0. The molecule has 1 radical (unpaired) electrons. The summed E-state index contributed by atoms with van der Waals surface area (Å²) in [6.07, 6.45) is -2.20. The Morgan fingerprint density at radius 1 is 1.67 bits per heavy atom. The summed E-state index contributed by atoms with van der Waals surface area (Å²) in [5.74, 6) is -0.0890. The van der Waals surface area contributed by atoms with E-state index in [-0.39, 0.29) is 11.4 Å². The Bertz CT molecular complexity index is 479. The molecule has 1 fully saturated rings. The number of H-pyrrole nitrogens is 1. The molecular formula is C11H15FN3O3. The molecule has 4 N–H and O–H groups in total. The zero-order valence-electron chi connectivity index (χ0n) is 9.67. The van der Waals surface area contributed by atoms with Gasteiger partial charge in [0.05, 0.1) is 6.10 Å². The second-order valence-corrected chi connectivity index (χ2v) is 4.22. The molecule has 7 heteroatoms. The highest BCUT2D eigenvalue weighted by Gasteiger charge is 2.45. The lowest BCUT2D eigenvalue weighted by Gasteiger charge is -2.14. The molecule has 1 aromatic heterocycles. The van der Waals surface area contributed by atoms with Gasteiger partial charge < -0.3 is 20.6 Å². The van der Waals surface area contributed by atoms with Crippen molar-refractivity contribution in [3.05, 3.63) is 29.2 Å². The van der Waals surface area contributed by atoms with E-state index in [9.17, 15) is 14.3 Å². The second kappa shape index (κ2) is 5.03. The van der Waals surface area contributed by atoms with Crippen LogP contribution in [-0.2, 0) is 4.74 Å². The van der Waals surface area contributed by atoms with E-state index < -0.39 is 30.2 Å². The molecule has 0 amide bonds. The molecular weight excluding hydrogens is 241 g/mol. The van der Waals surface area contributed by atoms with E-state index in [2.05, 4.69) is 16.9 Å². The molecule has 0 unspecified atom stereocenters. The zero-order chi connectivity index (χ0) is 13.3. The molecule has 18 heavy (non-hydrogen) atoms. The Balaban J connectivity index is 2.26. The number of rotatable bonds is 3. The summed E-state index contributed by atoms with van der Waals surface area (Å²) in [6, 6.07) is 0. The number of alkyl halides is 1. The molecule has 1 aromatic rings. The molecule has 1 saturated heterocycles. The van der Waals surface area contributed by atoms with Gasteiger partial charge in [0, 0.05) is 11.8 Å². The fourth-order valence-electron chi connectivity index (χ4n) is 2.06. The summed E-state index contributed by atoms with van der Waals surface area (Å²) in [5, 5.41) is 9.70. The van der Waals surface area contributed by atoms with E-state index in [0.717, 1.165) is 0 Å². The molecule has 0 aromatic carbocycles. The van der Waals surface area contributed by atoms with Crippen molar-refractivity contribution in [1.82, 2.24) is 9.97 Å². The molecule has 2 rings (SSSR count). The Kier molecular flexibility index (Phi) is 3.63. The predicted molar refractivity (Wildman–Crippen MR) is 62.4 cm³/mol. The maximum atomic E-state index is 14.0. The van der Waals surface area contributed by atoms with Gasteiger partial charge in [-0.1, -0.05) is 13.3 Å². The smallest absolute Gasteiger partial charge is 0.346 e. The fourth-order valence-corrected chi connectivity index (χ4v) is 2.06. The number of hydrogen-bond acceptors (Lipinski definition) is 5.